The highest BCUT2D eigenvalue weighted by atomic mass is 16.8. The number of aryl methyl sites for hydroxylation is 1. The van der Waals surface area contributed by atoms with Crippen molar-refractivity contribution in [2.45, 2.75) is 70.9 Å². The maximum atomic E-state index is 12.3. The topological polar surface area (TPSA) is 152 Å². The summed E-state index contributed by atoms with van der Waals surface area (Å²) in [6.45, 7) is 8.83. The van der Waals surface area contributed by atoms with E-state index in [0.29, 0.717) is 10.9 Å². The van der Waals surface area contributed by atoms with Crippen LogP contribution in [0.3, 0.4) is 0 Å². The van der Waals surface area contributed by atoms with Crippen LogP contribution in [0.1, 0.15) is 33.3 Å². The first-order valence-electron chi connectivity index (χ1n) is 10.9. The second kappa shape index (κ2) is 8.93. The van der Waals surface area contributed by atoms with Gasteiger partial charge in [0.1, 0.15) is 17.4 Å². The molecule has 2 aliphatic rings. The summed E-state index contributed by atoms with van der Waals surface area (Å²) in [5, 5.41) is 11.4. The minimum absolute atomic E-state index is 0.165. The van der Waals surface area contributed by atoms with Crippen molar-refractivity contribution >= 4 is 28.9 Å². The molecule has 0 saturated carbocycles. The highest BCUT2D eigenvalue weighted by molar-refractivity contribution is 5.90. The summed E-state index contributed by atoms with van der Waals surface area (Å²) in [5.41, 5.74) is -1.47. The molecule has 2 fully saturated rings. The van der Waals surface area contributed by atoms with Gasteiger partial charge in [0, 0.05) is 18.1 Å². The molecule has 2 aliphatic heterocycles. The van der Waals surface area contributed by atoms with E-state index in [9.17, 15) is 14.4 Å². The van der Waals surface area contributed by atoms with Gasteiger partial charge in [-0.05, 0) is 46.8 Å². The molecular formula is C23H27NO11. The second-order valence-electron chi connectivity index (χ2n) is 9.07. The van der Waals surface area contributed by atoms with Crippen LogP contribution in [0.5, 0.6) is 11.5 Å². The van der Waals surface area contributed by atoms with Gasteiger partial charge in [0.2, 0.25) is 12.4 Å². The summed E-state index contributed by atoms with van der Waals surface area (Å²) in [4.78, 5) is 35.3. The van der Waals surface area contributed by atoms with Gasteiger partial charge in [-0.15, -0.1) is 0 Å². The third kappa shape index (κ3) is 4.58. The van der Waals surface area contributed by atoms with Crippen molar-refractivity contribution in [3.05, 3.63) is 28.1 Å². The first-order valence-corrected chi connectivity index (χ1v) is 10.9. The first-order chi connectivity index (χ1) is 16.4. The van der Waals surface area contributed by atoms with E-state index in [1.807, 2.05) is 19.2 Å². The quantitative estimate of drug-likeness (QED) is 0.450. The zero-order valence-electron chi connectivity index (χ0n) is 20.1. The maximum Gasteiger partial charge on any atom is 0.509 e. The molecule has 0 spiro atoms. The molecule has 0 bridgehead atoms. The Morgan fingerprint density at radius 1 is 1.17 bits per heavy atom. The van der Waals surface area contributed by atoms with Crippen molar-refractivity contribution in [3.8, 4) is 11.5 Å². The lowest BCUT2D eigenvalue weighted by Gasteiger charge is -2.45. The summed E-state index contributed by atoms with van der Waals surface area (Å²) in [5.74, 6) is 0.490. The van der Waals surface area contributed by atoms with Crippen LogP contribution in [0.4, 0.5) is 15.3 Å². The highest BCUT2D eigenvalue weighted by Crippen LogP contribution is 2.43. The lowest BCUT2D eigenvalue weighted by molar-refractivity contribution is -0.283. The second-order valence-corrected chi connectivity index (χ2v) is 9.07. The number of carboxylic acid groups (broad SMARTS) is 1. The number of anilines is 1. The van der Waals surface area contributed by atoms with Crippen molar-refractivity contribution in [1.82, 2.24) is 0 Å². The molecule has 1 aromatic heterocycles. The van der Waals surface area contributed by atoms with Gasteiger partial charge in [-0.1, -0.05) is 0 Å². The molecule has 0 radical (unpaired) electrons. The van der Waals surface area contributed by atoms with Gasteiger partial charge < -0.3 is 37.9 Å². The van der Waals surface area contributed by atoms with Crippen molar-refractivity contribution in [2.24, 2.45) is 0 Å². The molecule has 2 saturated heterocycles. The third-order valence-corrected chi connectivity index (χ3v) is 5.72. The molecule has 35 heavy (non-hydrogen) atoms. The number of methoxy groups -OCH3 is 1. The summed E-state index contributed by atoms with van der Waals surface area (Å²) >= 11 is 0. The Labute approximate surface area is 200 Å². The molecule has 1 aromatic carbocycles. The van der Waals surface area contributed by atoms with E-state index in [-0.39, 0.29) is 28.9 Å². The van der Waals surface area contributed by atoms with Gasteiger partial charge >= 0.3 is 17.9 Å². The molecule has 12 heteroatoms. The Bertz CT molecular complexity index is 1220. The molecule has 4 rings (SSSR count). The minimum Gasteiger partial charge on any atom is -0.487 e. The fourth-order valence-electron chi connectivity index (χ4n) is 4.35. The number of hydrogen-bond acceptors (Lipinski definition) is 10. The number of rotatable bonds is 6. The van der Waals surface area contributed by atoms with E-state index in [1.165, 1.54) is 13.2 Å². The maximum absolute atomic E-state index is 12.3. The first kappa shape index (κ1) is 24.6. The molecule has 2 N–H and O–H groups in total. The predicted molar refractivity (Wildman–Crippen MR) is 120 cm³/mol. The number of fused-ring (bicyclic) bond motifs is 2. The molecule has 0 aliphatic carbocycles. The molecule has 0 unspecified atom stereocenters. The van der Waals surface area contributed by atoms with Gasteiger partial charge in [0.05, 0.1) is 11.7 Å². The summed E-state index contributed by atoms with van der Waals surface area (Å²) in [7, 11) is 1.48. The van der Waals surface area contributed by atoms with E-state index in [1.54, 1.807) is 26.8 Å². The summed E-state index contributed by atoms with van der Waals surface area (Å²) in [6.07, 6.45) is -5.95. The number of amides is 1. The Morgan fingerprint density at radius 2 is 1.86 bits per heavy atom. The summed E-state index contributed by atoms with van der Waals surface area (Å²) in [6, 6.07) is 2.92. The standard InChI is InChI=1S/C23H27NO11/c1-9(2)30-13-8-11-7-12(24-21(26)27)19(25)31-14(11)10(3)15(13)32-20-17-16(33-22(28)34-17)18(29-6)23(4,5)35-20/h7-9,16-18,20,24H,1-6H3,(H,26,27)/t16-,17+,18+,20+/m0/s1. The minimum atomic E-state index is -1.40. The Hall–Kier alpha value is -3.51. The fourth-order valence-corrected chi connectivity index (χ4v) is 4.35. The Morgan fingerprint density at radius 3 is 2.49 bits per heavy atom. The molecule has 190 valence electrons. The van der Waals surface area contributed by atoms with E-state index in [4.69, 9.17) is 37.9 Å². The number of benzene rings is 1. The smallest absolute Gasteiger partial charge is 0.487 e. The van der Waals surface area contributed by atoms with Crippen LogP contribution < -0.4 is 20.4 Å². The van der Waals surface area contributed by atoms with Gasteiger partial charge in [-0.25, -0.2) is 14.4 Å². The van der Waals surface area contributed by atoms with Gasteiger partial charge in [0.25, 0.3) is 0 Å². The van der Waals surface area contributed by atoms with E-state index >= 15 is 0 Å². The van der Waals surface area contributed by atoms with E-state index < -0.39 is 48.1 Å². The molecule has 4 atom stereocenters. The number of nitrogens with one attached hydrogen (secondary N) is 1. The molecule has 3 heterocycles. The summed E-state index contributed by atoms with van der Waals surface area (Å²) < 4.78 is 39.9. The van der Waals surface area contributed by atoms with Crippen LogP contribution >= 0.6 is 0 Å². The van der Waals surface area contributed by atoms with Crippen molar-refractivity contribution in [1.29, 1.82) is 0 Å². The Kier molecular flexibility index (Phi) is 6.28. The monoisotopic (exact) mass is 493 g/mol. The van der Waals surface area contributed by atoms with Gasteiger partial charge in [0.15, 0.2) is 17.6 Å². The number of carbonyl (C=O) groups is 2. The molecular weight excluding hydrogens is 466 g/mol. The zero-order chi connectivity index (χ0) is 25.7. The lowest BCUT2D eigenvalue weighted by atomic mass is 9.89. The predicted octanol–water partition coefficient (Wildman–Crippen LogP) is 3.41. The number of carbonyl (C=O) groups excluding carboxylic acids is 1. The fraction of sp³-hybridized carbons (Fsp3) is 0.522. The van der Waals surface area contributed by atoms with Crippen LogP contribution in [0.15, 0.2) is 21.3 Å². The van der Waals surface area contributed by atoms with Crippen LogP contribution in [0, 0.1) is 6.92 Å². The van der Waals surface area contributed by atoms with Crippen LogP contribution in [0.25, 0.3) is 11.0 Å². The average Bonchev–Trinajstić information content (AvgIpc) is 3.12. The largest absolute Gasteiger partial charge is 0.509 e. The van der Waals surface area contributed by atoms with Gasteiger partial charge in [-0.3, -0.25) is 5.32 Å². The normalized spacial score (nSPS) is 25.1. The number of ether oxygens (including phenoxy) is 6. The van der Waals surface area contributed by atoms with Crippen LogP contribution in [-0.2, 0) is 18.9 Å². The third-order valence-electron chi connectivity index (χ3n) is 5.72. The van der Waals surface area contributed by atoms with Crippen molar-refractivity contribution < 1.29 is 47.5 Å². The van der Waals surface area contributed by atoms with Crippen LogP contribution in [-0.4, -0.2) is 60.8 Å². The lowest BCUT2D eigenvalue weighted by Crippen LogP contribution is -2.62. The van der Waals surface area contributed by atoms with E-state index in [0.717, 1.165) is 0 Å². The van der Waals surface area contributed by atoms with Crippen molar-refractivity contribution in [2.75, 3.05) is 12.4 Å². The number of hydrogen-bond donors (Lipinski definition) is 2. The van der Waals surface area contributed by atoms with Crippen LogP contribution in [0.2, 0.25) is 0 Å². The zero-order valence-corrected chi connectivity index (χ0v) is 20.1. The molecule has 1 amide bonds. The molecule has 12 nitrogen and oxygen atoms in total. The SMILES string of the molecule is CO[C@@H]1[C@H]2OC(=O)O[C@H]2[C@H](Oc2c(OC(C)C)cc3cc(NC(=O)O)c(=O)oc3c2C)OC1(C)C. The average molecular weight is 493 g/mol. The van der Waals surface area contributed by atoms with Gasteiger partial charge in [-0.2, -0.15) is 0 Å². The highest BCUT2D eigenvalue weighted by Gasteiger charge is 2.59. The Balaban J connectivity index is 1.80. The van der Waals surface area contributed by atoms with Crippen molar-refractivity contribution in [3.63, 3.8) is 0 Å². The molecule has 2 aromatic rings. The van der Waals surface area contributed by atoms with E-state index in [2.05, 4.69) is 0 Å².